The van der Waals surface area contributed by atoms with Crippen molar-refractivity contribution in [2.45, 2.75) is 26.2 Å². The van der Waals surface area contributed by atoms with Gasteiger partial charge in [-0.25, -0.2) is 0 Å². The predicted molar refractivity (Wildman–Crippen MR) is 97.0 cm³/mol. The lowest BCUT2D eigenvalue weighted by atomic mass is 9.81. The van der Waals surface area contributed by atoms with Crippen LogP contribution in [-0.4, -0.2) is 42.0 Å². The van der Waals surface area contributed by atoms with Crippen molar-refractivity contribution in [2.75, 3.05) is 20.2 Å². The Balaban J connectivity index is 1.69. The van der Waals surface area contributed by atoms with E-state index in [0.29, 0.717) is 18.5 Å². The number of esters is 1. The van der Waals surface area contributed by atoms with Crippen molar-refractivity contribution in [3.05, 3.63) is 45.7 Å². The second kappa shape index (κ2) is 5.97. The number of carbonyl (C=O) groups excluding carboxylic acids is 2. The number of nitrogens with zero attached hydrogens (tertiary/aromatic N) is 1. The first kappa shape index (κ1) is 16.8. The highest BCUT2D eigenvalue weighted by atomic mass is 16.5. The average Bonchev–Trinajstić information content (AvgIpc) is 3.20. The maximum atomic E-state index is 13.0. The highest BCUT2D eigenvalue weighted by Crippen LogP contribution is 2.49. The van der Waals surface area contributed by atoms with Crippen molar-refractivity contribution in [1.82, 2.24) is 9.88 Å². The van der Waals surface area contributed by atoms with Gasteiger partial charge in [0.2, 0.25) is 5.43 Å². The van der Waals surface area contributed by atoms with Gasteiger partial charge in [0.05, 0.1) is 18.0 Å². The van der Waals surface area contributed by atoms with E-state index in [2.05, 4.69) is 4.98 Å². The summed E-state index contributed by atoms with van der Waals surface area (Å²) < 4.78 is 5.02. The molecule has 0 radical (unpaired) electrons. The second-order valence-electron chi connectivity index (χ2n) is 7.45. The van der Waals surface area contributed by atoms with E-state index in [1.807, 2.05) is 19.1 Å². The largest absolute Gasteiger partial charge is 0.469 e. The molecular weight excluding hydrogens is 332 g/mol. The molecule has 1 aliphatic heterocycles. The standard InChI is InChI=1S/C20H22N2O4/c1-12-5-3-7-14-16(12)21-9-15(17(14)23)18(24)22-10-13-6-4-8-20(13,11-22)19(25)26-2/h3,5,7,9,13H,4,6,8,10-11H2,1-2H3,(H,21,23)/t13-,20+/m0/s1. The second-order valence-corrected chi connectivity index (χ2v) is 7.45. The van der Waals surface area contributed by atoms with Gasteiger partial charge in [-0.3, -0.25) is 14.4 Å². The van der Waals surface area contributed by atoms with Crippen LogP contribution < -0.4 is 5.43 Å². The number of aryl methyl sites for hydroxylation is 1. The first-order valence-corrected chi connectivity index (χ1v) is 8.96. The van der Waals surface area contributed by atoms with E-state index < -0.39 is 5.41 Å². The number of hydrogen-bond acceptors (Lipinski definition) is 4. The Bertz CT molecular complexity index is 964. The third-order valence-electron chi connectivity index (χ3n) is 6.10. The summed E-state index contributed by atoms with van der Waals surface area (Å²) in [6.45, 7) is 2.75. The first-order chi connectivity index (χ1) is 12.5. The van der Waals surface area contributed by atoms with Crippen LogP contribution in [0.15, 0.2) is 29.2 Å². The zero-order chi connectivity index (χ0) is 18.5. The monoisotopic (exact) mass is 354 g/mol. The number of aromatic nitrogens is 1. The summed E-state index contributed by atoms with van der Waals surface area (Å²) in [5, 5.41) is 0.512. The van der Waals surface area contributed by atoms with E-state index in [0.717, 1.165) is 30.3 Å². The van der Waals surface area contributed by atoms with Gasteiger partial charge in [-0.2, -0.15) is 0 Å². The van der Waals surface area contributed by atoms with E-state index in [1.54, 1.807) is 11.0 Å². The number of aromatic amines is 1. The Morgan fingerprint density at radius 1 is 1.35 bits per heavy atom. The van der Waals surface area contributed by atoms with Crippen LogP contribution in [0, 0.1) is 18.3 Å². The molecule has 1 amide bonds. The summed E-state index contributed by atoms with van der Waals surface area (Å²) >= 11 is 0. The van der Waals surface area contributed by atoms with Gasteiger partial charge in [0.1, 0.15) is 5.56 Å². The molecule has 1 saturated carbocycles. The van der Waals surface area contributed by atoms with Crippen LogP contribution in [0.5, 0.6) is 0 Å². The van der Waals surface area contributed by atoms with Gasteiger partial charge in [-0.05, 0) is 37.3 Å². The molecule has 1 aromatic carbocycles. The van der Waals surface area contributed by atoms with E-state index in [-0.39, 0.29) is 28.8 Å². The molecule has 1 saturated heterocycles. The minimum Gasteiger partial charge on any atom is -0.469 e. The number of rotatable bonds is 2. The number of pyridine rings is 1. The predicted octanol–water partition coefficient (Wildman–Crippen LogP) is 2.25. The number of ether oxygens (including phenoxy) is 1. The van der Waals surface area contributed by atoms with Gasteiger partial charge >= 0.3 is 5.97 Å². The molecule has 6 nitrogen and oxygen atoms in total. The van der Waals surface area contributed by atoms with Crippen molar-refractivity contribution in [3.8, 4) is 0 Å². The Hall–Kier alpha value is -2.63. The fourth-order valence-electron chi connectivity index (χ4n) is 4.71. The van der Waals surface area contributed by atoms with Crippen LogP contribution in [-0.2, 0) is 9.53 Å². The topological polar surface area (TPSA) is 79.5 Å². The SMILES string of the molecule is COC(=O)[C@@]12CCC[C@H]1CN(C(=O)c1c[nH]c3c(C)cccc3c1=O)C2. The van der Waals surface area contributed by atoms with Gasteiger partial charge < -0.3 is 14.6 Å². The van der Waals surface area contributed by atoms with Gasteiger partial charge in [-0.1, -0.05) is 18.6 Å². The molecule has 2 aliphatic rings. The van der Waals surface area contributed by atoms with Crippen LogP contribution in [0.1, 0.15) is 35.2 Å². The maximum absolute atomic E-state index is 13.0. The molecule has 6 heteroatoms. The number of H-pyrrole nitrogens is 1. The minimum atomic E-state index is -0.607. The molecule has 2 aromatic rings. The molecule has 2 atom stereocenters. The van der Waals surface area contributed by atoms with Gasteiger partial charge in [0.15, 0.2) is 0 Å². The zero-order valence-electron chi connectivity index (χ0n) is 15.0. The molecule has 26 heavy (non-hydrogen) atoms. The van der Waals surface area contributed by atoms with E-state index in [4.69, 9.17) is 4.74 Å². The van der Waals surface area contributed by atoms with E-state index in [1.165, 1.54) is 13.3 Å². The summed E-state index contributed by atoms with van der Waals surface area (Å²) in [4.78, 5) is 43.0. The number of hydrogen-bond donors (Lipinski definition) is 1. The highest BCUT2D eigenvalue weighted by molar-refractivity contribution is 5.98. The number of carbonyl (C=O) groups is 2. The van der Waals surface area contributed by atoms with Crippen molar-refractivity contribution in [3.63, 3.8) is 0 Å². The number of benzene rings is 1. The zero-order valence-corrected chi connectivity index (χ0v) is 15.0. The molecule has 0 spiro atoms. The smallest absolute Gasteiger partial charge is 0.313 e. The first-order valence-electron chi connectivity index (χ1n) is 8.96. The van der Waals surface area contributed by atoms with Crippen molar-refractivity contribution in [1.29, 1.82) is 0 Å². The molecule has 0 bridgehead atoms. The maximum Gasteiger partial charge on any atom is 0.313 e. The van der Waals surface area contributed by atoms with Crippen molar-refractivity contribution < 1.29 is 14.3 Å². The number of fused-ring (bicyclic) bond motifs is 2. The molecule has 1 aliphatic carbocycles. The number of nitrogens with one attached hydrogen (secondary N) is 1. The molecule has 136 valence electrons. The quantitative estimate of drug-likeness (QED) is 0.839. The third-order valence-corrected chi connectivity index (χ3v) is 6.10. The Labute approximate surface area is 151 Å². The lowest BCUT2D eigenvalue weighted by Crippen LogP contribution is -2.39. The normalized spacial score (nSPS) is 24.7. The molecule has 1 N–H and O–H groups in total. The third kappa shape index (κ3) is 2.28. The summed E-state index contributed by atoms with van der Waals surface area (Å²) in [5.41, 5.74) is 0.960. The Morgan fingerprint density at radius 3 is 2.92 bits per heavy atom. The Kier molecular flexibility index (Phi) is 3.86. The number of para-hydroxylation sites is 1. The highest BCUT2D eigenvalue weighted by Gasteiger charge is 2.56. The van der Waals surface area contributed by atoms with Gasteiger partial charge in [-0.15, -0.1) is 0 Å². The lowest BCUT2D eigenvalue weighted by Gasteiger charge is -2.25. The average molecular weight is 354 g/mol. The fourth-order valence-corrected chi connectivity index (χ4v) is 4.71. The Morgan fingerprint density at radius 2 is 2.15 bits per heavy atom. The number of likely N-dealkylation sites (tertiary alicyclic amines) is 1. The molecule has 2 fully saturated rings. The van der Waals surface area contributed by atoms with Crippen LogP contribution in [0.4, 0.5) is 0 Å². The van der Waals surface area contributed by atoms with E-state index in [9.17, 15) is 14.4 Å². The molecule has 1 aromatic heterocycles. The van der Waals surface area contributed by atoms with E-state index >= 15 is 0 Å². The molecular formula is C20H22N2O4. The number of methoxy groups -OCH3 is 1. The van der Waals surface area contributed by atoms with Crippen LogP contribution in [0.3, 0.4) is 0 Å². The summed E-state index contributed by atoms with van der Waals surface area (Å²) in [6, 6.07) is 5.46. The summed E-state index contributed by atoms with van der Waals surface area (Å²) in [7, 11) is 1.40. The molecule has 4 rings (SSSR count). The summed E-state index contributed by atoms with van der Waals surface area (Å²) in [6.07, 6.45) is 4.12. The van der Waals surface area contributed by atoms with Crippen molar-refractivity contribution >= 4 is 22.8 Å². The summed E-state index contributed by atoms with van der Waals surface area (Å²) in [5.74, 6) is -0.439. The van der Waals surface area contributed by atoms with Gasteiger partial charge in [0, 0.05) is 24.7 Å². The fraction of sp³-hybridized carbons (Fsp3) is 0.450. The lowest BCUT2D eigenvalue weighted by molar-refractivity contribution is -0.153. The number of amides is 1. The molecule has 2 heterocycles. The van der Waals surface area contributed by atoms with Crippen molar-refractivity contribution in [2.24, 2.45) is 11.3 Å². The minimum absolute atomic E-state index is 0.112. The van der Waals surface area contributed by atoms with Gasteiger partial charge in [0.25, 0.3) is 5.91 Å². The van der Waals surface area contributed by atoms with Crippen LogP contribution in [0.25, 0.3) is 10.9 Å². The molecule has 0 unspecified atom stereocenters. The van der Waals surface area contributed by atoms with Crippen LogP contribution >= 0.6 is 0 Å². The van der Waals surface area contributed by atoms with Crippen LogP contribution in [0.2, 0.25) is 0 Å².